The number of nitrogens with two attached hydrogens (primary N) is 1. The average molecular weight is 342 g/mol. The van der Waals surface area contributed by atoms with Gasteiger partial charge in [-0.25, -0.2) is 9.50 Å². The first-order valence-corrected chi connectivity index (χ1v) is 9.88. The summed E-state index contributed by atoms with van der Waals surface area (Å²) in [5.74, 6) is 1.71. The highest BCUT2D eigenvalue weighted by molar-refractivity contribution is 5.70. The van der Waals surface area contributed by atoms with Crippen LogP contribution < -0.4 is 16.4 Å². The van der Waals surface area contributed by atoms with E-state index in [9.17, 15) is 0 Å². The second kappa shape index (κ2) is 7.60. The zero-order chi connectivity index (χ0) is 17.1. The van der Waals surface area contributed by atoms with E-state index in [1.807, 2.05) is 16.9 Å². The molecule has 2 aromatic heterocycles. The number of fused-ring (bicyclic) bond motifs is 1. The molecule has 25 heavy (non-hydrogen) atoms. The zero-order valence-electron chi connectivity index (χ0n) is 15.0. The van der Waals surface area contributed by atoms with E-state index in [1.165, 1.54) is 32.1 Å². The summed E-state index contributed by atoms with van der Waals surface area (Å²) < 4.78 is 1.88. The number of aromatic nitrogens is 3. The Morgan fingerprint density at radius 2 is 1.88 bits per heavy atom. The van der Waals surface area contributed by atoms with Crippen LogP contribution in [0.1, 0.15) is 57.8 Å². The number of nitrogens with one attached hydrogen (secondary N) is 2. The van der Waals surface area contributed by atoms with Gasteiger partial charge in [-0.15, -0.1) is 5.10 Å². The molecule has 136 valence electrons. The van der Waals surface area contributed by atoms with E-state index in [4.69, 9.17) is 5.73 Å². The fourth-order valence-corrected chi connectivity index (χ4v) is 4.24. The molecule has 2 fully saturated rings. The zero-order valence-corrected chi connectivity index (χ0v) is 15.0. The van der Waals surface area contributed by atoms with Crippen molar-refractivity contribution in [2.24, 2.45) is 11.7 Å². The van der Waals surface area contributed by atoms with Crippen LogP contribution in [0.4, 0.5) is 11.5 Å². The largest absolute Gasteiger partial charge is 0.382 e. The van der Waals surface area contributed by atoms with Crippen LogP contribution in [-0.4, -0.2) is 33.2 Å². The molecule has 0 bridgehead atoms. The number of imidazole rings is 1. The van der Waals surface area contributed by atoms with E-state index in [0.717, 1.165) is 55.3 Å². The maximum Gasteiger partial charge on any atom is 0.177 e. The lowest BCUT2D eigenvalue weighted by atomic mass is 9.89. The van der Waals surface area contributed by atoms with Crippen molar-refractivity contribution >= 4 is 17.2 Å². The lowest BCUT2D eigenvalue weighted by molar-refractivity contribution is 0.373. The van der Waals surface area contributed by atoms with Crippen LogP contribution in [0.15, 0.2) is 18.5 Å². The quantitative estimate of drug-likeness (QED) is 0.776. The first kappa shape index (κ1) is 16.6. The minimum Gasteiger partial charge on any atom is -0.382 e. The van der Waals surface area contributed by atoms with Crippen molar-refractivity contribution in [3.63, 3.8) is 0 Å². The van der Waals surface area contributed by atoms with Gasteiger partial charge < -0.3 is 16.4 Å². The van der Waals surface area contributed by atoms with Crippen LogP contribution >= 0.6 is 0 Å². The second-order valence-corrected chi connectivity index (χ2v) is 7.78. The summed E-state index contributed by atoms with van der Waals surface area (Å²) in [4.78, 5) is 4.47. The van der Waals surface area contributed by atoms with Gasteiger partial charge in [0, 0.05) is 37.1 Å². The van der Waals surface area contributed by atoms with Gasteiger partial charge in [0.05, 0.1) is 5.69 Å². The van der Waals surface area contributed by atoms with Gasteiger partial charge in [0.25, 0.3) is 0 Å². The molecule has 2 aliphatic rings. The molecule has 2 heterocycles. The lowest BCUT2D eigenvalue weighted by Gasteiger charge is -2.27. The Labute approximate surface area is 149 Å². The van der Waals surface area contributed by atoms with E-state index >= 15 is 0 Å². The summed E-state index contributed by atoms with van der Waals surface area (Å²) in [7, 11) is 0. The predicted molar refractivity (Wildman–Crippen MR) is 102 cm³/mol. The Morgan fingerprint density at radius 1 is 1.08 bits per heavy atom. The summed E-state index contributed by atoms with van der Waals surface area (Å²) in [6.07, 6.45) is 15.0. The standard InChI is InChI=1S/C19H30N6/c20-15-6-8-16(9-7-15)23-18-12-17(19-21-10-11-25(19)24-18)22-13-14-4-2-1-3-5-14/h10-12,14-16,22H,1-9,13,20H2,(H,23,24). The minimum absolute atomic E-state index is 0.370. The fourth-order valence-electron chi connectivity index (χ4n) is 4.24. The smallest absolute Gasteiger partial charge is 0.177 e. The third-order valence-electron chi connectivity index (χ3n) is 5.79. The van der Waals surface area contributed by atoms with Gasteiger partial charge in [-0.3, -0.25) is 0 Å². The van der Waals surface area contributed by atoms with E-state index in [-0.39, 0.29) is 0 Å². The third kappa shape index (κ3) is 4.06. The molecule has 4 rings (SSSR count). The number of anilines is 2. The van der Waals surface area contributed by atoms with Crippen molar-refractivity contribution in [3.05, 3.63) is 18.5 Å². The van der Waals surface area contributed by atoms with Crippen LogP contribution in [0.5, 0.6) is 0 Å². The lowest BCUT2D eigenvalue weighted by Crippen LogP contribution is -2.33. The van der Waals surface area contributed by atoms with Crippen LogP contribution in [0, 0.1) is 5.92 Å². The van der Waals surface area contributed by atoms with Gasteiger partial charge in [0.1, 0.15) is 5.82 Å². The molecule has 2 aromatic rings. The third-order valence-corrected chi connectivity index (χ3v) is 5.79. The molecule has 0 amide bonds. The maximum absolute atomic E-state index is 6.02. The molecule has 0 spiro atoms. The Hall–Kier alpha value is -1.82. The summed E-state index contributed by atoms with van der Waals surface area (Å²) in [6, 6.07) is 2.97. The molecule has 2 aliphatic carbocycles. The monoisotopic (exact) mass is 342 g/mol. The summed E-state index contributed by atoms with van der Waals surface area (Å²) in [5.41, 5.74) is 8.01. The van der Waals surface area contributed by atoms with Crippen molar-refractivity contribution in [1.29, 1.82) is 0 Å². The molecular formula is C19H30N6. The first-order valence-electron chi connectivity index (χ1n) is 9.88. The Kier molecular flexibility index (Phi) is 5.06. The first-order chi connectivity index (χ1) is 12.3. The second-order valence-electron chi connectivity index (χ2n) is 7.78. The van der Waals surface area contributed by atoms with Gasteiger partial charge in [0.2, 0.25) is 0 Å². The normalized spacial score (nSPS) is 25.2. The van der Waals surface area contributed by atoms with Crippen LogP contribution in [0.25, 0.3) is 5.65 Å². The van der Waals surface area contributed by atoms with Crippen molar-refractivity contribution in [2.75, 3.05) is 17.2 Å². The number of hydrogen-bond donors (Lipinski definition) is 3. The van der Waals surface area contributed by atoms with Crippen LogP contribution in [0.3, 0.4) is 0 Å². The summed E-state index contributed by atoms with van der Waals surface area (Å²) >= 11 is 0. The van der Waals surface area contributed by atoms with Gasteiger partial charge >= 0.3 is 0 Å². The minimum atomic E-state index is 0.370. The van der Waals surface area contributed by atoms with E-state index in [0.29, 0.717) is 12.1 Å². The highest BCUT2D eigenvalue weighted by Gasteiger charge is 2.20. The molecular weight excluding hydrogens is 312 g/mol. The topological polar surface area (TPSA) is 80.3 Å². The van der Waals surface area contributed by atoms with Crippen LogP contribution in [0.2, 0.25) is 0 Å². The van der Waals surface area contributed by atoms with Gasteiger partial charge in [0.15, 0.2) is 5.65 Å². The highest BCUT2D eigenvalue weighted by Crippen LogP contribution is 2.26. The van der Waals surface area contributed by atoms with Crippen LogP contribution in [-0.2, 0) is 0 Å². The molecule has 0 aromatic carbocycles. The van der Waals surface area contributed by atoms with Crippen molar-refractivity contribution in [1.82, 2.24) is 14.6 Å². The fraction of sp³-hybridized carbons (Fsp3) is 0.684. The Bertz CT molecular complexity index is 682. The maximum atomic E-state index is 6.02. The molecule has 0 radical (unpaired) electrons. The van der Waals surface area contributed by atoms with Gasteiger partial charge in [-0.2, -0.15) is 0 Å². The molecule has 2 saturated carbocycles. The molecule has 0 unspecified atom stereocenters. The number of rotatable bonds is 5. The van der Waals surface area contributed by atoms with E-state index in [1.54, 1.807) is 0 Å². The van der Waals surface area contributed by atoms with E-state index in [2.05, 4.69) is 26.8 Å². The van der Waals surface area contributed by atoms with Crippen molar-refractivity contribution in [2.45, 2.75) is 69.9 Å². The molecule has 4 N–H and O–H groups in total. The molecule has 6 heteroatoms. The number of hydrogen-bond acceptors (Lipinski definition) is 5. The van der Waals surface area contributed by atoms with Gasteiger partial charge in [-0.05, 0) is 44.4 Å². The predicted octanol–water partition coefficient (Wildman–Crippen LogP) is 3.40. The Balaban J connectivity index is 1.46. The number of nitrogens with zero attached hydrogens (tertiary/aromatic N) is 3. The average Bonchev–Trinajstić information content (AvgIpc) is 3.11. The summed E-state index contributed by atoms with van der Waals surface area (Å²) in [6.45, 7) is 1.03. The SMILES string of the molecule is NC1CCC(Nc2cc(NCC3CCCCC3)c3nccn3n2)CC1. The van der Waals surface area contributed by atoms with E-state index < -0.39 is 0 Å². The summed E-state index contributed by atoms with van der Waals surface area (Å²) in [5, 5.41) is 11.9. The van der Waals surface area contributed by atoms with Crippen molar-refractivity contribution in [3.8, 4) is 0 Å². The Morgan fingerprint density at radius 3 is 2.68 bits per heavy atom. The van der Waals surface area contributed by atoms with Gasteiger partial charge in [-0.1, -0.05) is 19.3 Å². The van der Waals surface area contributed by atoms with Crippen molar-refractivity contribution < 1.29 is 0 Å². The molecule has 0 saturated heterocycles. The molecule has 6 nitrogen and oxygen atoms in total. The molecule has 0 atom stereocenters. The molecule has 0 aliphatic heterocycles. The highest BCUT2D eigenvalue weighted by atomic mass is 15.3.